The summed E-state index contributed by atoms with van der Waals surface area (Å²) in [5.41, 5.74) is 6.76. The minimum Gasteiger partial charge on any atom is -0.493 e. The van der Waals surface area contributed by atoms with Crippen LogP contribution in [0, 0.1) is 0 Å². The number of nitrogens with one attached hydrogen (secondary N) is 1. The molecule has 0 saturated carbocycles. The fraction of sp³-hybridized carbons (Fsp3) is 0.526. The van der Waals surface area contributed by atoms with Gasteiger partial charge in [-0.15, -0.1) is 0 Å². The molecule has 1 heterocycles. The highest BCUT2D eigenvalue weighted by Crippen LogP contribution is 2.33. The van der Waals surface area contributed by atoms with Crippen molar-refractivity contribution in [2.75, 3.05) is 45.0 Å². The maximum absolute atomic E-state index is 11.7. The Bertz CT molecular complexity index is 815. The number of anilines is 2. The van der Waals surface area contributed by atoms with Gasteiger partial charge in [0.25, 0.3) is 0 Å². The van der Waals surface area contributed by atoms with Crippen molar-refractivity contribution in [3.05, 3.63) is 12.1 Å². The fourth-order valence-corrected chi connectivity index (χ4v) is 2.79. The van der Waals surface area contributed by atoms with Gasteiger partial charge in [0.2, 0.25) is 11.9 Å². The molecule has 1 atom stereocenters. The van der Waals surface area contributed by atoms with Gasteiger partial charge in [0, 0.05) is 31.6 Å². The van der Waals surface area contributed by atoms with Crippen LogP contribution in [0.25, 0.3) is 10.9 Å². The van der Waals surface area contributed by atoms with Crippen LogP contribution in [0.15, 0.2) is 12.1 Å². The smallest absolute Gasteiger partial charge is 0.248 e. The molecule has 1 aromatic carbocycles. The molecule has 1 aromatic heterocycles. The van der Waals surface area contributed by atoms with Gasteiger partial charge in [-0.2, -0.15) is 4.98 Å². The van der Waals surface area contributed by atoms with Crippen molar-refractivity contribution in [2.45, 2.75) is 32.3 Å². The second-order valence-corrected chi connectivity index (χ2v) is 6.50. The molecule has 1 unspecified atom stereocenters. The number of hydrogen-bond acceptors (Lipinski definition) is 8. The zero-order valence-electron chi connectivity index (χ0n) is 16.9. The number of nitrogens with two attached hydrogens (primary N) is 1. The third kappa shape index (κ3) is 5.13. The van der Waals surface area contributed by atoms with Gasteiger partial charge in [0.1, 0.15) is 11.9 Å². The molecular weight excluding hydrogens is 362 g/mol. The van der Waals surface area contributed by atoms with Crippen molar-refractivity contribution in [2.24, 2.45) is 0 Å². The monoisotopic (exact) mass is 391 g/mol. The van der Waals surface area contributed by atoms with E-state index in [0.29, 0.717) is 60.1 Å². The number of nitrogens with zero attached hydrogens (tertiary/aromatic N) is 3. The molecule has 0 aliphatic rings. The first-order valence-corrected chi connectivity index (χ1v) is 9.27. The summed E-state index contributed by atoms with van der Waals surface area (Å²) in [7, 11) is 4.98. The molecule has 154 valence electrons. The zero-order chi connectivity index (χ0) is 20.7. The summed E-state index contributed by atoms with van der Waals surface area (Å²) in [6, 6.07) is 3.52. The maximum atomic E-state index is 11.7. The molecule has 2 rings (SSSR count). The molecule has 0 spiro atoms. The summed E-state index contributed by atoms with van der Waals surface area (Å²) in [5, 5.41) is 13.1. The lowest BCUT2D eigenvalue weighted by Crippen LogP contribution is -2.36. The number of aliphatic hydroxyl groups excluding tert-OH is 1. The van der Waals surface area contributed by atoms with Crippen molar-refractivity contribution in [3.8, 4) is 11.5 Å². The number of fused-ring (bicyclic) bond motifs is 1. The number of methoxy groups -OCH3 is 2. The van der Waals surface area contributed by atoms with E-state index < -0.39 is 6.10 Å². The largest absolute Gasteiger partial charge is 0.493 e. The maximum Gasteiger partial charge on any atom is 0.248 e. The standard InChI is InChI=1S/C19H29N5O4/c1-5-7-14(25)18(26)21-8-6-9-24(2)19-22-13-11-16(28-4)15(27-3)10-12(13)17(20)23-19/h10-11,14,25H,5-9H2,1-4H3,(H,21,26)(H2,20,22,23). The lowest BCUT2D eigenvalue weighted by molar-refractivity contribution is -0.129. The molecule has 9 heteroatoms. The lowest BCUT2D eigenvalue weighted by Gasteiger charge is -2.19. The Hall–Kier alpha value is -2.81. The number of carbonyl (C=O) groups excluding carboxylic acids is 1. The first kappa shape index (κ1) is 21.5. The van der Waals surface area contributed by atoms with Crippen LogP contribution in [0.1, 0.15) is 26.2 Å². The van der Waals surface area contributed by atoms with E-state index >= 15 is 0 Å². The van der Waals surface area contributed by atoms with Crippen molar-refractivity contribution in [3.63, 3.8) is 0 Å². The fourth-order valence-electron chi connectivity index (χ4n) is 2.79. The molecule has 0 aliphatic heterocycles. The van der Waals surface area contributed by atoms with E-state index in [1.807, 2.05) is 18.9 Å². The van der Waals surface area contributed by atoms with Gasteiger partial charge >= 0.3 is 0 Å². The second kappa shape index (κ2) is 9.93. The number of nitrogen functional groups attached to an aromatic ring is 1. The zero-order valence-corrected chi connectivity index (χ0v) is 16.9. The predicted octanol–water partition coefficient (Wildman–Crippen LogP) is 1.33. The van der Waals surface area contributed by atoms with Crippen LogP contribution >= 0.6 is 0 Å². The Morgan fingerprint density at radius 2 is 1.96 bits per heavy atom. The van der Waals surface area contributed by atoms with Crippen molar-refractivity contribution >= 4 is 28.6 Å². The van der Waals surface area contributed by atoms with Crippen LogP contribution in [0.4, 0.5) is 11.8 Å². The first-order valence-electron chi connectivity index (χ1n) is 9.27. The molecule has 0 aliphatic carbocycles. The molecule has 2 aromatic rings. The Morgan fingerprint density at radius 3 is 2.61 bits per heavy atom. The van der Waals surface area contributed by atoms with Gasteiger partial charge in [0.05, 0.1) is 19.7 Å². The summed E-state index contributed by atoms with van der Waals surface area (Å²) in [4.78, 5) is 22.5. The first-order chi connectivity index (χ1) is 13.4. The number of carbonyl (C=O) groups is 1. The van der Waals surface area contributed by atoms with Crippen LogP contribution < -0.4 is 25.4 Å². The van der Waals surface area contributed by atoms with Gasteiger partial charge in [-0.05, 0) is 18.9 Å². The van der Waals surface area contributed by atoms with E-state index in [-0.39, 0.29) is 5.91 Å². The van der Waals surface area contributed by atoms with Gasteiger partial charge in [0.15, 0.2) is 11.5 Å². The van der Waals surface area contributed by atoms with Gasteiger partial charge < -0.3 is 30.5 Å². The van der Waals surface area contributed by atoms with Crippen LogP contribution in [0.3, 0.4) is 0 Å². The van der Waals surface area contributed by atoms with Crippen LogP contribution in [0.2, 0.25) is 0 Å². The second-order valence-electron chi connectivity index (χ2n) is 6.50. The highest BCUT2D eigenvalue weighted by molar-refractivity contribution is 5.91. The summed E-state index contributed by atoms with van der Waals surface area (Å²) in [5.74, 6) is 1.62. The minimum atomic E-state index is -0.946. The molecule has 9 nitrogen and oxygen atoms in total. The number of ether oxygens (including phenoxy) is 2. The van der Waals surface area contributed by atoms with E-state index in [0.717, 1.165) is 6.42 Å². The Labute approximate surface area is 164 Å². The lowest BCUT2D eigenvalue weighted by atomic mass is 10.2. The van der Waals surface area contributed by atoms with E-state index in [1.165, 1.54) is 0 Å². The number of amides is 1. The summed E-state index contributed by atoms with van der Waals surface area (Å²) in [6.45, 7) is 2.99. The van der Waals surface area contributed by atoms with E-state index in [2.05, 4.69) is 15.3 Å². The average molecular weight is 391 g/mol. The van der Waals surface area contributed by atoms with Crippen molar-refractivity contribution < 1.29 is 19.4 Å². The van der Waals surface area contributed by atoms with Gasteiger partial charge in [-0.3, -0.25) is 4.79 Å². The van der Waals surface area contributed by atoms with Crippen LogP contribution in [0.5, 0.6) is 11.5 Å². The molecule has 0 fully saturated rings. The average Bonchev–Trinajstić information content (AvgIpc) is 2.69. The van der Waals surface area contributed by atoms with Crippen LogP contribution in [-0.4, -0.2) is 61.4 Å². The molecule has 4 N–H and O–H groups in total. The minimum absolute atomic E-state index is 0.336. The number of hydrogen-bond donors (Lipinski definition) is 3. The number of benzene rings is 1. The number of rotatable bonds is 10. The normalized spacial score (nSPS) is 11.9. The molecule has 0 bridgehead atoms. The highest BCUT2D eigenvalue weighted by atomic mass is 16.5. The third-order valence-corrected chi connectivity index (χ3v) is 4.39. The van der Waals surface area contributed by atoms with Gasteiger partial charge in [-0.25, -0.2) is 4.98 Å². The summed E-state index contributed by atoms with van der Waals surface area (Å²) in [6.07, 6.45) is 0.950. The third-order valence-electron chi connectivity index (χ3n) is 4.39. The van der Waals surface area contributed by atoms with Crippen molar-refractivity contribution in [1.82, 2.24) is 15.3 Å². The molecule has 0 saturated heterocycles. The molecule has 1 amide bonds. The van der Waals surface area contributed by atoms with E-state index in [9.17, 15) is 9.90 Å². The summed E-state index contributed by atoms with van der Waals surface area (Å²) >= 11 is 0. The predicted molar refractivity (Wildman–Crippen MR) is 109 cm³/mol. The topological polar surface area (TPSA) is 123 Å². The quantitative estimate of drug-likeness (QED) is 0.519. The Balaban J connectivity index is 2.03. The Morgan fingerprint density at radius 1 is 1.29 bits per heavy atom. The van der Waals surface area contributed by atoms with Crippen molar-refractivity contribution in [1.29, 1.82) is 0 Å². The Kier molecular flexibility index (Phi) is 7.62. The molecule has 28 heavy (non-hydrogen) atoms. The summed E-state index contributed by atoms with van der Waals surface area (Å²) < 4.78 is 10.6. The number of aromatic nitrogens is 2. The molecule has 0 radical (unpaired) electrons. The number of aliphatic hydroxyl groups is 1. The SMILES string of the molecule is CCCC(O)C(=O)NCCCN(C)c1nc(N)c2cc(OC)c(OC)cc2n1. The van der Waals surface area contributed by atoms with Crippen LogP contribution in [-0.2, 0) is 4.79 Å². The van der Waals surface area contributed by atoms with E-state index in [4.69, 9.17) is 15.2 Å². The highest BCUT2D eigenvalue weighted by Gasteiger charge is 2.15. The van der Waals surface area contributed by atoms with Gasteiger partial charge in [-0.1, -0.05) is 13.3 Å². The molecular formula is C19H29N5O4. The van der Waals surface area contributed by atoms with E-state index in [1.54, 1.807) is 26.4 Å².